The Kier molecular flexibility index (Phi) is 1.76. The second kappa shape index (κ2) is 2.80. The average Bonchev–Trinajstić information content (AvgIpc) is 2.43. The third-order valence-corrected chi connectivity index (χ3v) is 1.94. The molecule has 0 N–H and O–H groups in total. The molecule has 0 saturated carbocycles. The predicted molar refractivity (Wildman–Crippen MR) is 41.2 cm³/mol. The molecule has 2 atom stereocenters. The molecule has 68 valence electrons. The highest BCUT2D eigenvalue weighted by molar-refractivity contribution is 5.75. The molecule has 0 fully saturated rings. The Labute approximate surface area is 73.1 Å². The Hall–Kier alpha value is -1.45. The second-order valence-electron chi connectivity index (χ2n) is 2.79. The molecule has 1 aromatic rings. The van der Waals surface area contributed by atoms with Gasteiger partial charge in [-0.3, -0.25) is 4.79 Å². The Balaban J connectivity index is 2.47. The van der Waals surface area contributed by atoms with Crippen LogP contribution in [0.4, 0.5) is 8.78 Å². The zero-order valence-electron chi connectivity index (χ0n) is 6.54. The van der Waals surface area contributed by atoms with Crippen LogP contribution in [0.5, 0.6) is 5.75 Å². The number of ether oxygens (including phenoxy) is 1. The molecule has 0 radical (unpaired) electrons. The number of alkyl halides is 2. The van der Waals surface area contributed by atoms with E-state index >= 15 is 0 Å². The Morgan fingerprint density at radius 3 is 2.85 bits per heavy atom. The molecule has 0 bridgehead atoms. The number of benzene rings is 1. The summed E-state index contributed by atoms with van der Waals surface area (Å²) in [7, 11) is 0. The van der Waals surface area contributed by atoms with Gasteiger partial charge >= 0.3 is 0 Å². The molecule has 0 aliphatic carbocycles. The van der Waals surface area contributed by atoms with Gasteiger partial charge in [-0.05, 0) is 18.2 Å². The van der Waals surface area contributed by atoms with Crippen molar-refractivity contribution in [2.75, 3.05) is 0 Å². The molecule has 1 aliphatic rings. The summed E-state index contributed by atoms with van der Waals surface area (Å²) >= 11 is 0. The maximum Gasteiger partial charge on any atom is 0.273 e. The smallest absolute Gasteiger partial charge is 0.273 e. The van der Waals surface area contributed by atoms with Gasteiger partial charge in [-0.2, -0.15) is 4.39 Å². The molecule has 0 amide bonds. The molecule has 13 heavy (non-hydrogen) atoms. The number of hydrogen-bond donors (Lipinski definition) is 0. The van der Waals surface area contributed by atoms with Crippen LogP contribution in [-0.4, -0.2) is 12.6 Å². The number of fused-ring (bicyclic) bond motifs is 1. The van der Waals surface area contributed by atoms with Crippen LogP contribution in [0.15, 0.2) is 18.2 Å². The van der Waals surface area contributed by atoms with E-state index in [1.807, 2.05) is 0 Å². The summed E-state index contributed by atoms with van der Waals surface area (Å²) in [5.74, 6) is 0.172. The van der Waals surface area contributed by atoms with E-state index in [1.165, 1.54) is 18.2 Å². The van der Waals surface area contributed by atoms with Crippen LogP contribution in [0.3, 0.4) is 0 Å². The minimum absolute atomic E-state index is 0.108. The van der Waals surface area contributed by atoms with Crippen LogP contribution in [-0.2, 0) is 0 Å². The van der Waals surface area contributed by atoms with Gasteiger partial charge in [-0.25, -0.2) is 4.39 Å². The molecular weight excluding hydrogens is 178 g/mol. The minimum Gasteiger partial charge on any atom is -0.456 e. The highest BCUT2D eigenvalue weighted by atomic mass is 19.2. The topological polar surface area (TPSA) is 26.3 Å². The lowest BCUT2D eigenvalue weighted by molar-refractivity contribution is 0.0216. The van der Waals surface area contributed by atoms with Crippen LogP contribution in [0, 0.1) is 0 Å². The quantitative estimate of drug-likeness (QED) is 0.625. The number of hydrogen-bond acceptors (Lipinski definition) is 2. The van der Waals surface area contributed by atoms with Gasteiger partial charge in [0.25, 0.3) is 6.36 Å². The Morgan fingerprint density at radius 2 is 2.15 bits per heavy atom. The van der Waals surface area contributed by atoms with Crippen LogP contribution < -0.4 is 4.74 Å². The van der Waals surface area contributed by atoms with Crippen molar-refractivity contribution < 1.29 is 18.3 Å². The van der Waals surface area contributed by atoms with E-state index in [2.05, 4.69) is 4.74 Å². The van der Waals surface area contributed by atoms with Crippen molar-refractivity contribution in [2.24, 2.45) is 0 Å². The highest BCUT2D eigenvalue weighted by Gasteiger charge is 2.34. The number of halogens is 2. The first kappa shape index (κ1) is 8.16. The van der Waals surface area contributed by atoms with Crippen molar-refractivity contribution in [3.05, 3.63) is 29.3 Å². The molecule has 1 heterocycles. The number of aldehydes is 1. The predicted octanol–water partition coefficient (Wildman–Crippen LogP) is 2.20. The summed E-state index contributed by atoms with van der Waals surface area (Å²) in [6.07, 6.45) is -3.15. The fourth-order valence-electron chi connectivity index (χ4n) is 1.29. The van der Waals surface area contributed by atoms with Crippen molar-refractivity contribution in [3.63, 3.8) is 0 Å². The maximum atomic E-state index is 13.0. The largest absolute Gasteiger partial charge is 0.456 e. The lowest BCUT2D eigenvalue weighted by atomic mass is 10.1. The van der Waals surface area contributed by atoms with Crippen molar-refractivity contribution in [2.45, 2.75) is 12.5 Å². The molecule has 2 unspecified atom stereocenters. The molecule has 0 saturated heterocycles. The van der Waals surface area contributed by atoms with Gasteiger partial charge in [0.2, 0.25) is 0 Å². The molecule has 2 rings (SSSR count). The Bertz CT molecular complexity index is 351. The summed E-state index contributed by atoms with van der Waals surface area (Å²) < 4.78 is 30.2. The first-order valence-corrected chi connectivity index (χ1v) is 3.76. The molecule has 4 heteroatoms. The minimum atomic E-state index is -1.95. The zero-order chi connectivity index (χ0) is 9.42. The molecule has 2 nitrogen and oxygen atoms in total. The fraction of sp³-hybridized carbons (Fsp3) is 0.222. The zero-order valence-corrected chi connectivity index (χ0v) is 6.54. The summed E-state index contributed by atoms with van der Waals surface area (Å²) in [6.45, 7) is 0. The number of rotatable bonds is 1. The van der Waals surface area contributed by atoms with Crippen molar-refractivity contribution in [1.29, 1.82) is 0 Å². The van der Waals surface area contributed by atoms with Crippen molar-refractivity contribution in [1.82, 2.24) is 0 Å². The van der Waals surface area contributed by atoms with E-state index in [9.17, 15) is 13.6 Å². The van der Waals surface area contributed by atoms with Gasteiger partial charge in [-0.15, -0.1) is 0 Å². The molecule has 0 aromatic heterocycles. The van der Waals surface area contributed by atoms with Crippen LogP contribution in [0.1, 0.15) is 22.1 Å². The van der Waals surface area contributed by atoms with Crippen LogP contribution in [0.2, 0.25) is 0 Å². The summed E-state index contributed by atoms with van der Waals surface area (Å²) in [4.78, 5) is 10.3. The van der Waals surface area contributed by atoms with E-state index < -0.39 is 12.5 Å². The van der Waals surface area contributed by atoms with E-state index in [4.69, 9.17) is 0 Å². The van der Waals surface area contributed by atoms with Gasteiger partial charge in [0.05, 0.1) is 0 Å². The lowest BCUT2D eigenvalue weighted by Gasteiger charge is -1.99. The summed E-state index contributed by atoms with van der Waals surface area (Å²) in [5.41, 5.74) is 0.427. The van der Waals surface area contributed by atoms with Gasteiger partial charge < -0.3 is 4.74 Å². The van der Waals surface area contributed by atoms with E-state index in [-0.39, 0.29) is 11.3 Å². The Morgan fingerprint density at radius 1 is 1.38 bits per heavy atom. The molecule has 1 aliphatic heterocycles. The summed E-state index contributed by atoms with van der Waals surface area (Å²) in [5, 5.41) is 0. The van der Waals surface area contributed by atoms with Gasteiger partial charge in [-0.1, -0.05) is 0 Å². The summed E-state index contributed by atoms with van der Waals surface area (Å²) in [6, 6.07) is 4.15. The van der Waals surface area contributed by atoms with Gasteiger partial charge in [0.1, 0.15) is 12.0 Å². The third-order valence-electron chi connectivity index (χ3n) is 1.94. The standard InChI is InChI=1S/C9H6F2O2/c10-8-6-3-5(4-12)1-2-7(6)13-9(8)11/h1-4,8-9H. The highest BCUT2D eigenvalue weighted by Crippen LogP contribution is 2.39. The molecular formula is C9H6F2O2. The van der Waals surface area contributed by atoms with Crippen molar-refractivity contribution >= 4 is 6.29 Å². The van der Waals surface area contributed by atoms with E-state index in [1.54, 1.807) is 0 Å². The van der Waals surface area contributed by atoms with Crippen LogP contribution in [0.25, 0.3) is 0 Å². The van der Waals surface area contributed by atoms with E-state index in [0.717, 1.165) is 0 Å². The fourth-order valence-corrected chi connectivity index (χ4v) is 1.29. The van der Waals surface area contributed by atoms with E-state index in [0.29, 0.717) is 11.8 Å². The first-order valence-electron chi connectivity index (χ1n) is 3.76. The maximum absolute atomic E-state index is 13.0. The SMILES string of the molecule is O=Cc1ccc2c(c1)C(F)C(F)O2. The van der Waals surface area contributed by atoms with Crippen LogP contribution >= 0.6 is 0 Å². The van der Waals surface area contributed by atoms with Gasteiger partial charge in [0, 0.05) is 11.1 Å². The lowest BCUT2D eigenvalue weighted by Crippen LogP contribution is -2.07. The molecule has 1 aromatic carbocycles. The average molecular weight is 184 g/mol. The number of carbonyl (C=O) groups is 1. The van der Waals surface area contributed by atoms with Crippen molar-refractivity contribution in [3.8, 4) is 5.75 Å². The molecule has 0 spiro atoms. The van der Waals surface area contributed by atoms with Gasteiger partial charge in [0.15, 0.2) is 6.17 Å². The first-order chi connectivity index (χ1) is 6.22. The normalized spacial score (nSPS) is 25.1. The third kappa shape index (κ3) is 1.18. The number of carbonyl (C=O) groups excluding carboxylic acids is 1. The second-order valence-corrected chi connectivity index (χ2v) is 2.79. The monoisotopic (exact) mass is 184 g/mol.